The number of hydrogen-bond acceptors (Lipinski definition) is 3. The minimum Gasteiger partial charge on any atom is -0.454 e. The van der Waals surface area contributed by atoms with Crippen LogP contribution in [0.1, 0.15) is 44.1 Å². The van der Waals surface area contributed by atoms with Crippen molar-refractivity contribution >= 4 is 0 Å². The Morgan fingerprint density at radius 1 is 0.947 bits per heavy atom. The van der Waals surface area contributed by atoms with E-state index in [4.69, 9.17) is 15.2 Å². The summed E-state index contributed by atoms with van der Waals surface area (Å²) in [5.41, 5.74) is 8.27. The fraction of sp³-hybridized carbons (Fsp3) is 0.625. The van der Waals surface area contributed by atoms with Crippen LogP contribution in [0.15, 0.2) is 18.2 Å². The van der Waals surface area contributed by atoms with Crippen molar-refractivity contribution in [2.24, 2.45) is 11.1 Å². The molecule has 0 saturated heterocycles. The highest BCUT2D eigenvalue weighted by Crippen LogP contribution is 2.57. The molecule has 1 heterocycles. The third-order valence-electron chi connectivity index (χ3n) is 5.82. The topological polar surface area (TPSA) is 44.5 Å². The van der Waals surface area contributed by atoms with E-state index in [0.717, 1.165) is 18.0 Å². The van der Waals surface area contributed by atoms with E-state index in [-0.39, 0.29) is 0 Å². The Balaban J connectivity index is 1.66. The summed E-state index contributed by atoms with van der Waals surface area (Å²) < 4.78 is 10.9. The second-order valence-electron chi connectivity index (χ2n) is 6.55. The summed E-state index contributed by atoms with van der Waals surface area (Å²) in [5.74, 6) is 1.82. The highest BCUT2D eigenvalue weighted by molar-refractivity contribution is 5.47. The van der Waals surface area contributed by atoms with Gasteiger partial charge in [-0.3, -0.25) is 0 Å². The summed E-state index contributed by atoms with van der Waals surface area (Å²) in [6, 6.07) is 6.53. The lowest BCUT2D eigenvalue weighted by molar-refractivity contribution is 0.0471. The average molecular weight is 259 g/mol. The standard InChI is InChI=1S/C16H21NO2/c17-10-15-3-6-16(7-4-15,8-5-15)12-1-2-13-14(9-12)19-11-18-13/h1-2,9H,3-8,10-11,17H2. The minimum atomic E-state index is 0.363. The molecule has 0 amide bonds. The van der Waals surface area contributed by atoms with E-state index in [1.165, 1.54) is 44.1 Å². The van der Waals surface area contributed by atoms with E-state index >= 15 is 0 Å². The highest BCUT2D eigenvalue weighted by atomic mass is 16.7. The lowest BCUT2D eigenvalue weighted by Gasteiger charge is -2.53. The van der Waals surface area contributed by atoms with Gasteiger partial charge in [0.2, 0.25) is 6.79 Å². The SMILES string of the molecule is NCC12CCC(c3ccc4c(c3)OCO4)(CC1)CC2. The van der Waals surface area contributed by atoms with Crippen molar-refractivity contribution in [1.29, 1.82) is 0 Å². The van der Waals surface area contributed by atoms with Crippen molar-refractivity contribution in [3.05, 3.63) is 23.8 Å². The summed E-state index contributed by atoms with van der Waals surface area (Å²) in [6.45, 7) is 1.23. The molecule has 3 heteroatoms. The Kier molecular flexibility index (Phi) is 2.37. The first kappa shape index (κ1) is 11.6. The monoisotopic (exact) mass is 259 g/mol. The molecule has 3 saturated carbocycles. The van der Waals surface area contributed by atoms with Gasteiger partial charge in [-0.1, -0.05) is 6.07 Å². The molecule has 2 N–H and O–H groups in total. The van der Waals surface area contributed by atoms with E-state index in [0.29, 0.717) is 17.6 Å². The fourth-order valence-corrected chi connectivity index (χ4v) is 4.23. The first-order chi connectivity index (χ1) is 9.25. The van der Waals surface area contributed by atoms with Crippen LogP contribution in [0.5, 0.6) is 11.5 Å². The van der Waals surface area contributed by atoms with Crippen LogP contribution in [0.4, 0.5) is 0 Å². The largest absolute Gasteiger partial charge is 0.454 e. The minimum absolute atomic E-state index is 0.363. The van der Waals surface area contributed by atoms with Gasteiger partial charge in [-0.05, 0) is 73.6 Å². The van der Waals surface area contributed by atoms with Crippen molar-refractivity contribution in [3.63, 3.8) is 0 Å². The molecule has 1 aliphatic heterocycles. The van der Waals surface area contributed by atoms with Crippen LogP contribution in [0.25, 0.3) is 0 Å². The van der Waals surface area contributed by atoms with Gasteiger partial charge in [0.1, 0.15) is 0 Å². The van der Waals surface area contributed by atoms with Gasteiger partial charge in [0.05, 0.1) is 0 Å². The van der Waals surface area contributed by atoms with Gasteiger partial charge < -0.3 is 15.2 Å². The molecule has 3 aliphatic carbocycles. The van der Waals surface area contributed by atoms with Gasteiger partial charge in [-0.15, -0.1) is 0 Å². The molecule has 0 radical (unpaired) electrons. The van der Waals surface area contributed by atoms with Gasteiger partial charge >= 0.3 is 0 Å². The first-order valence-electron chi connectivity index (χ1n) is 7.36. The number of ether oxygens (including phenoxy) is 2. The quantitative estimate of drug-likeness (QED) is 0.888. The summed E-state index contributed by atoms with van der Waals surface area (Å²) in [7, 11) is 0. The number of benzene rings is 1. The van der Waals surface area contributed by atoms with E-state index in [1.807, 2.05) is 0 Å². The molecule has 1 aromatic carbocycles. The maximum Gasteiger partial charge on any atom is 0.231 e. The number of rotatable bonds is 2. The van der Waals surface area contributed by atoms with Gasteiger partial charge in [0, 0.05) is 0 Å². The number of nitrogens with two attached hydrogens (primary N) is 1. The van der Waals surface area contributed by atoms with Crippen LogP contribution in [-0.2, 0) is 5.41 Å². The molecule has 102 valence electrons. The van der Waals surface area contributed by atoms with Gasteiger partial charge in [0.25, 0.3) is 0 Å². The molecule has 3 fully saturated rings. The maximum atomic E-state index is 5.99. The number of fused-ring (bicyclic) bond motifs is 4. The van der Waals surface area contributed by atoms with Crippen LogP contribution in [0, 0.1) is 5.41 Å². The molecule has 3 nitrogen and oxygen atoms in total. The van der Waals surface area contributed by atoms with Crippen LogP contribution in [-0.4, -0.2) is 13.3 Å². The molecular formula is C16H21NO2. The van der Waals surface area contributed by atoms with Crippen LogP contribution in [0.3, 0.4) is 0 Å². The molecule has 4 aliphatic rings. The van der Waals surface area contributed by atoms with Crippen molar-refractivity contribution < 1.29 is 9.47 Å². The molecule has 1 aromatic rings. The number of hydrogen-bond donors (Lipinski definition) is 1. The lowest BCUT2D eigenvalue weighted by atomic mass is 9.52. The van der Waals surface area contributed by atoms with Crippen molar-refractivity contribution in [1.82, 2.24) is 0 Å². The first-order valence-corrected chi connectivity index (χ1v) is 7.36. The van der Waals surface area contributed by atoms with E-state index in [1.54, 1.807) is 0 Å². The maximum absolute atomic E-state index is 5.99. The Labute approximate surface area is 114 Å². The predicted molar refractivity (Wildman–Crippen MR) is 73.4 cm³/mol. The molecular weight excluding hydrogens is 238 g/mol. The second-order valence-corrected chi connectivity index (χ2v) is 6.55. The van der Waals surface area contributed by atoms with E-state index in [9.17, 15) is 0 Å². The third kappa shape index (κ3) is 1.61. The summed E-state index contributed by atoms with van der Waals surface area (Å²) in [5, 5.41) is 0. The van der Waals surface area contributed by atoms with Crippen molar-refractivity contribution in [3.8, 4) is 11.5 Å². The molecule has 0 atom stereocenters. The zero-order valence-electron chi connectivity index (χ0n) is 11.3. The zero-order chi connectivity index (χ0) is 12.9. The van der Waals surface area contributed by atoms with Crippen LogP contribution in [0.2, 0.25) is 0 Å². The normalized spacial score (nSPS) is 35.6. The lowest BCUT2D eigenvalue weighted by Crippen LogP contribution is -2.47. The third-order valence-corrected chi connectivity index (χ3v) is 5.82. The Bertz CT molecular complexity index is 487. The second kappa shape index (κ2) is 3.89. The molecule has 0 unspecified atom stereocenters. The Morgan fingerprint density at radius 3 is 2.32 bits per heavy atom. The van der Waals surface area contributed by atoms with E-state index < -0.39 is 0 Å². The summed E-state index contributed by atoms with van der Waals surface area (Å²) in [6.07, 6.45) is 7.71. The predicted octanol–water partition coefficient (Wildman–Crippen LogP) is 2.97. The van der Waals surface area contributed by atoms with Crippen molar-refractivity contribution in [2.75, 3.05) is 13.3 Å². The zero-order valence-corrected chi connectivity index (χ0v) is 11.3. The molecule has 5 rings (SSSR count). The summed E-state index contributed by atoms with van der Waals surface area (Å²) in [4.78, 5) is 0. The Hall–Kier alpha value is -1.22. The van der Waals surface area contributed by atoms with Crippen molar-refractivity contribution in [2.45, 2.75) is 43.9 Å². The van der Waals surface area contributed by atoms with Gasteiger partial charge in [-0.25, -0.2) is 0 Å². The highest BCUT2D eigenvalue weighted by Gasteiger charge is 2.48. The summed E-state index contributed by atoms with van der Waals surface area (Å²) >= 11 is 0. The van der Waals surface area contributed by atoms with Gasteiger partial charge in [-0.2, -0.15) is 0 Å². The molecule has 0 spiro atoms. The van der Waals surface area contributed by atoms with Gasteiger partial charge in [0.15, 0.2) is 11.5 Å². The fourth-order valence-electron chi connectivity index (χ4n) is 4.23. The molecule has 2 bridgehead atoms. The molecule has 0 aromatic heterocycles. The average Bonchev–Trinajstić information content (AvgIpc) is 2.96. The van der Waals surface area contributed by atoms with Crippen LogP contribution >= 0.6 is 0 Å². The smallest absolute Gasteiger partial charge is 0.231 e. The Morgan fingerprint density at radius 2 is 1.63 bits per heavy atom. The van der Waals surface area contributed by atoms with Crippen LogP contribution < -0.4 is 15.2 Å². The van der Waals surface area contributed by atoms with E-state index in [2.05, 4.69) is 18.2 Å². The molecule has 19 heavy (non-hydrogen) atoms.